The van der Waals surface area contributed by atoms with Gasteiger partial charge >= 0.3 is 5.76 Å². The highest BCUT2D eigenvalue weighted by Gasteiger charge is 2.19. The van der Waals surface area contributed by atoms with E-state index in [1.807, 2.05) is 60.7 Å². The number of nitrogens with zero attached hydrogens (tertiary/aromatic N) is 1. The van der Waals surface area contributed by atoms with Crippen LogP contribution in [0.2, 0.25) is 0 Å². The summed E-state index contributed by atoms with van der Waals surface area (Å²) in [6, 6.07) is 19.3. The van der Waals surface area contributed by atoms with Gasteiger partial charge in [0.2, 0.25) is 0 Å². The Hall–Kier alpha value is -2.88. The van der Waals surface area contributed by atoms with Crippen LogP contribution in [0.25, 0.3) is 22.6 Å². The molecule has 0 atom stereocenters. The standard InChI is InChI=1S/C19H17NO3/c21-14-8-7-13-20-17(15-9-3-1-4-10-15)18(23-19(20)22)16-11-5-2-6-12-16/h1-6,9-12,14H,7-8,13H2. The maximum Gasteiger partial charge on any atom is 0.419 e. The van der Waals surface area contributed by atoms with E-state index in [4.69, 9.17) is 4.42 Å². The van der Waals surface area contributed by atoms with Crippen LogP contribution in [0.15, 0.2) is 69.9 Å². The van der Waals surface area contributed by atoms with Gasteiger partial charge < -0.3 is 9.21 Å². The highest BCUT2D eigenvalue weighted by Crippen LogP contribution is 2.31. The van der Waals surface area contributed by atoms with Gasteiger partial charge in [0.15, 0.2) is 5.76 Å². The fourth-order valence-electron chi connectivity index (χ4n) is 2.61. The predicted molar refractivity (Wildman–Crippen MR) is 89.1 cm³/mol. The monoisotopic (exact) mass is 307 g/mol. The molecule has 0 amide bonds. The molecule has 3 aromatic rings. The Morgan fingerprint density at radius 3 is 2.13 bits per heavy atom. The molecular formula is C19H17NO3. The smallest absolute Gasteiger partial charge is 0.407 e. The lowest BCUT2D eigenvalue weighted by Gasteiger charge is -2.08. The van der Waals surface area contributed by atoms with Crippen LogP contribution in [0.3, 0.4) is 0 Å². The lowest BCUT2D eigenvalue weighted by molar-refractivity contribution is -0.107. The molecule has 116 valence electrons. The van der Waals surface area contributed by atoms with Gasteiger partial charge in [0.25, 0.3) is 0 Å². The highest BCUT2D eigenvalue weighted by molar-refractivity contribution is 5.77. The van der Waals surface area contributed by atoms with Crippen molar-refractivity contribution >= 4 is 6.29 Å². The molecule has 2 aromatic carbocycles. The van der Waals surface area contributed by atoms with Crippen LogP contribution >= 0.6 is 0 Å². The summed E-state index contributed by atoms with van der Waals surface area (Å²) in [5.74, 6) is 0.168. The van der Waals surface area contributed by atoms with Crippen LogP contribution in [-0.4, -0.2) is 10.9 Å². The molecule has 23 heavy (non-hydrogen) atoms. The van der Waals surface area contributed by atoms with E-state index in [0.717, 1.165) is 23.1 Å². The van der Waals surface area contributed by atoms with Crippen molar-refractivity contribution in [2.45, 2.75) is 19.4 Å². The Kier molecular flexibility index (Phi) is 4.52. The van der Waals surface area contributed by atoms with Gasteiger partial charge in [0.05, 0.1) is 5.69 Å². The van der Waals surface area contributed by atoms with E-state index in [0.29, 0.717) is 25.1 Å². The minimum atomic E-state index is -0.395. The molecule has 1 aromatic heterocycles. The van der Waals surface area contributed by atoms with E-state index in [1.54, 1.807) is 4.57 Å². The molecule has 0 unspecified atom stereocenters. The summed E-state index contributed by atoms with van der Waals surface area (Å²) in [7, 11) is 0. The molecule has 4 heteroatoms. The number of hydrogen-bond donors (Lipinski definition) is 0. The summed E-state index contributed by atoms with van der Waals surface area (Å²) < 4.78 is 7.15. The number of hydrogen-bond acceptors (Lipinski definition) is 3. The molecule has 1 heterocycles. The van der Waals surface area contributed by atoms with Crippen LogP contribution in [-0.2, 0) is 11.3 Å². The van der Waals surface area contributed by atoms with Crippen LogP contribution < -0.4 is 5.76 Å². The van der Waals surface area contributed by atoms with Crippen molar-refractivity contribution in [2.24, 2.45) is 0 Å². The highest BCUT2D eigenvalue weighted by atomic mass is 16.4. The second-order valence-corrected chi connectivity index (χ2v) is 5.24. The first-order valence-corrected chi connectivity index (χ1v) is 7.59. The predicted octanol–water partition coefficient (Wildman–Crippen LogP) is 3.75. The van der Waals surface area contributed by atoms with Crippen molar-refractivity contribution in [3.05, 3.63) is 71.2 Å². The van der Waals surface area contributed by atoms with E-state index in [9.17, 15) is 9.59 Å². The van der Waals surface area contributed by atoms with Gasteiger partial charge in [-0.05, 0) is 6.42 Å². The first-order chi connectivity index (χ1) is 11.3. The molecule has 0 aliphatic rings. The van der Waals surface area contributed by atoms with Crippen LogP contribution in [0.1, 0.15) is 12.8 Å². The van der Waals surface area contributed by atoms with Crippen molar-refractivity contribution in [3.8, 4) is 22.6 Å². The molecule has 0 aliphatic heterocycles. The van der Waals surface area contributed by atoms with Crippen molar-refractivity contribution in [1.82, 2.24) is 4.57 Å². The van der Waals surface area contributed by atoms with Crippen molar-refractivity contribution in [2.75, 3.05) is 0 Å². The zero-order chi connectivity index (χ0) is 16.1. The normalized spacial score (nSPS) is 10.6. The third-order valence-corrected chi connectivity index (χ3v) is 3.68. The maximum absolute atomic E-state index is 12.3. The van der Waals surface area contributed by atoms with Gasteiger partial charge in [-0.2, -0.15) is 0 Å². The molecule has 0 radical (unpaired) electrons. The van der Waals surface area contributed by atoms with Crippen molar-refractivity contribution < 1.29 is 9.21 Å². The third-order valence-electron chi connectivity index (χ3n) is 3.68. The first kappa shape index (κ1) is 15.0. The van der Waals surface area contributed by atoms with Gasteiger partial charge in [0.1, 0.15) is 6.29 Å². The van der Waals surface area contributed by atoms with E-state index in [1.165, 1.54) is 0 Å². The SMILES string of the molecule is O=CCCCn1c(-c2ccccc2)c(-c2ccccc2)oc1=O. The van der Waals surface area contributed by atoms with Crippen LogP contribution in [0, 0.1) is 0 Å². The molecule has 0 N–H and O–H groups in total. The third kappa shape index (κ3) is 3.16. The number of rotatable bonds is 6. The fraction of sp³-hybridized carbons (Fsp3) is 0.158. The molecule has 0 aliphatic carbocycles. The summed E-state index contributed by atoms with van der Waals surface area (Å²) in [5.41, 5.74) is 2.54. The Bertz CT molecular complexity index is 832. The quantitative estimate of drug-likeness (QED) is 0.515. The number of aromatic nitrogens is 1. The molecule has 0 saturated heterocycles. The van der Waals surface area contributed by atoms with Gasteiger partial charge in [-0.1, -0.05) is 60.7 Å². The lowest BCUT2D eigenvalue weighted by Crippen LogP contribution is -2.15. The summed E-state index contributed by atoms with van der Waals surface area (Å²) in [4.78, 5) is 22.9. The molecule has 3 rings (SSSR count). The van der Waals surface area contributed by atoms with E-state index < -0.39 is 5.76 Å². The fourth-order valence-corrected chi connectivity index (χ4v) is 2.61. The van der Waals surface area contributed by atoms with Gasteiger partial charge in [-0.15, -0.1) is 0 Å². The topological polar surface area (TPSA) is 52.2 Å². The Labute approximate surface area is 134 Å². The van der Waals surface area contributed by atoms with Crippen LogP contribution in [0.5, 0.6) is 0 Å². The van der Waals surface area contributed by atoms with E-state index in [-0.39, 0.29) is 0 Å². The largest absolute Gasteiger partial charge is 0.419 e. The number of aldehydes is 1. The average Bonchev–Trinajstić information content (AvgIpc) is 2.93. The summed E-state index contributed by atoms with van der Waals surface area (Å²) >= 11 is 0. The van der Waals surface area contributed by atoms with Crippen molar-refractivity contribution in [3.63, 3.8) is 0 Å². The molecule has 0 spiro atoms. The Balaban J connectivity index is 2.15. The molecule has 0 fully saturated rings. The van der Waals surface area contributed by atoms with Gasteiger partial charge in [0, 0.05) is 24.1 Å². The zero-order valence-electron chi connectivity index (χ0n) is 12.6. The van der Waals surface area contributed by atoms with Gasteiger partial charge in [-0.25, -0.2) is 4.79 Å². The van der Waals surface area contributed by atoms with Gasteiger partial charge in [-0.3, -0.25) is 4.57 Å². The number of carbonyl (C=O) groups is 1. The number of carbonyl (C=O) groups excluding carboxylic acids is 1. The molecule has 0 bridgehead atoms. The number of unbranched alkanes of at least 4 members (excludes halogenated alkanes) is 1. The Morgan fingerprint density at radius 1 is 0.913 bits per heavy atom. The maximum atomic E-state index is 12.3. The Morgan fingerprint density at radius 2 is 1.52 bits per heavy atom. The average molecular weight is 307 g/mol. The minimum Gasteiger partial charge on any atom is -0.407 e. The van der Waals surface area contributed by atoms with E-state index >= 15 is 0 Å². The summed E-state index contributed by atoms with van der Waals surface area (Å²) in [5, 5.41) is 0. The minimum absolute atomic E-state index is 0.395. The molecule has 0 saturated carbocycles. The second kappa shape index (κ2) is 6.92. The first-order valence-electron chi connectivity index (χ1n) is 7.59. The lowest BCUT2D eigenvalue weighted by atomic mass is 10.1. The van der Waals surface area contributed by atoms with E-state index in [2.05, 4.69) is 0 Å². The molecular weight excluding hydrogens is 290 g/mol. The van der Waals surface area contributed by atoms with Crippen LogP contribution in [0.4, 0.5) is 0 Å². The summed E-state index contributed by atoms with van der Waals surface area (Å²) in [6.45, 7) is 0.456. The molecule has 4 nitrogen and oxygen atoms in total. The zero-order valence-corrected chi connectivity index (χ0v) is 12.6. The number of oxazole rings is 1. The van der Waals surface area contributed by atoms with Crippen molar-refractivity contribution in [1.29, 1.82) is 0 Å². The second-order valence-electron chi connectivity index (χ2n) is 5.24. The summed E-state index contributed by atoms with van der Waals surface area (Å²) in [6.07, 6.45) is 1.90. The number of benzene rings is 2.